The van der Waals surface area contributed by atoms with Crippen LogP contribution in [0.5, 0.6) is 0 Å². The van der Waals surface area contributed by atoms with Gasteiger partial charge in [-0.25, -0.2) is 9.18 Å². The first kappa shape index (κ1) is 17.7. The second-order valence-corrected chi connectivity index (χ2v) is 6.07. The topological polar surface area (TPSA) is 44.8 Å². The molecule has 23 heavy (non-hydrogen) atoms. The molecule has 2 rings (SSSR count). The number of piperidine rings is 1. The fraction of sp³-hybridized carbons (Fsp3) is 0.588. The highest BCUT2D eigenvalue weighted by atomic mass is 19.1. The van der Waals surface area contributed by atoms with Crippen molar-refractivity contribution in [2.45, 2.75) is 25.4 Å². The van der Waals surface area contributed by atoms with Crippen molar-refractivity contribution in [2.24, 2.45) is 0 Å². The van der Waals surface area contributed by atoms with E-state index in [0.717, 1.165) is 31.5 Å². The first-order valence-electron chi connectivity index (χ1n) is 8.06. The van der Waals surface area contributed by atoms with E-state index in [1.165, 1.54) is 12.1 Å². The number of hydrogen-bond acceptors (Lipinski definition) is 3. The van der Waals surface area contributed by atoms with Crippen LogP contribution in [0.3, 0.4) is 0 Å². The summed E-state index contributed by atoms with van der Waals surface area (Å²) in [6, 6.07) is 6.38. The van der Waals surface area contributed by atoms with Gasteiger partial charge in [-0.05, 0) is 50.7 Å². The molecule has 0 aromatic heterocycles. The van der Waals surface area contributed by atoms with Crippen molar-refractivity contribution in [3.05, 3.63) is 35.6 Å². The third kappa shape index (κ3) is 5.80. The summed E-state index contributed by atoms with van der Waals surface area (Å²) in [4.78, 5) is 16.5. The SMILES string of the molecule is COCCN(Cc1ccc(F)cc1)C(=O)NC1CCN(C)CC1. The van der Waals surface area contributed by atoms with Crippen LogP contribution in [0.2, 0.25) is 0 Å². The molecule has 0 unspecified atom stereocenters. The number of urea groups is 1. The molecule has 1 aromatic rings. The highest BCUT2D eigenvalue weighted by molar-refractivity contribution is 5.74. The number of ether oxygens (including phenoxy) is 1. The quantitative estimate of drug-likeness (QED) is 0.872. The molecule has 1 N–H and O–H groups in total. The summed E-state index contributed by atoms with van der Waals surface area (Å²) in [6.45, 7) is 3.43. The first-order valence-corrected chi connectivity index (χ1v) is 8.06. The number of likely N-dealkylation sites (tertiary alicyclic amines) is 1. The molecule has 6 heteroatoms. The van der Waals surface area contributed by atoms with Crippen LogP contribution in [-0.2, 0) is 11.3 Å². The van der Waals surface area contributed by atoms with Crippen LogP contribution in [0.25, 0.3) is 0 Å². The average Bonchev–Trinajstić information content (AvgIpc) is 2.55. The van der Waals surface area contributed by atoms with E-state index in [1.54, 1.807) is 24.1 Å². The van der Waals surface area contributed by atoms with E-state index < -0.39 is 0 Å². The summed E-state index contributed by atoms with van der Waals surface area (Å²) >= 11 is 0. The molecule has 1 saturated heterocycles. The van der Waals surface area contributed by atoms with E-state index in [4.69, 9.17) is 4.74 Å². The van der Waals surface area contributed by atoms with Crippen molar-refractivity contribution in [3.8, 4) is 0 Å². The first-order chi connectivity index (χ1) is 11.1. The number of hydrogen-bond donors (Lipinski definition) is 1. The van der Waals surface area contributed by atoms with Crippen LogP contribution < -0.4 is 5.32 Å². The minimum atomic E-state index is -0.270. The number of rotatable bonds is 6. The van der Waals surface area contributed by atoms with Gasteiger partial charge in [0.15, 0.2) is 0 Å². The molecule has 0 aliphatic carbocycles. The van der Waals surface area contributed by atoms with Gasteiger partial charge in [-0.1, -0.05) is 12.1 Å². The monoisotopic (exact) mass is 323 g/mol. The van der Waals surface area contributed by atoms with Gasteiger partial charge in [-0.2, -0.15) is 0 Å². The Kier molecular flexibility index (Phi) is 6.80. The van der Waals surface area contributed by atoms with Crippen molar-refractivity contribution < 1.29 is 13.9 Å². The molecular formula is C17H26FN3O2. The second kappa shape index (κ2) is 8.84. The normalized spacial score (nSPS) is 16.3. The summed E-state index contributed by atoms with van der Waals surface area (Å²) in [7, 11) is 3.71. The van der Waals surface area contributed by atoms with E-state index in [0.29, 0.717) is 19.7 Å². The third-order valence-electron chi connectivity index (χ3n) is 4.19. The number of carbonyl (C=O) groups is 1. The molecule has 2 amide bonds. The lowest BCUT2D eigenvalue weighted by Gasteiger charge is -2.32. The van der Waals surface area contributed by atoms with Gasteiger partial charge in [0.25, 0.3) is 0 Å². The molecule has 0 spiro atoms. The summed E-state index contributed by atoms with van der Waals surface area (Å²) in [6.07, 6.45) is 1.94. The lowest BCUT2D eigenvalue weighted by atomic mass is 10.1. The number of nitrogens with one attached hydrogen (secondary N) is 1. The lowest BCUT2D eigenvalue weighted by Crippen LogP contribution is -2.49. The van der Waals surface area contributed by atoms with Crippen LogP contribution in [0.1, 0.15) is 18.4 Å². The highest BCUT2D eigenvalue weighted by Gasteiger charge is 2.21. The molecule has 1 heterocycles. The minimum Gasteiger partial charge on any atom is -0.383 e. The van der Waals surface area contributed by atoms with Crippen molar-refractivity contribution in [1.29, 1.82) is 0 Å². The third-order valence-corrected chi connectivity index (χ3v) is 4.19. The van der Waals surface area contributed by atoms with Crippen molar-refractivity contribution >= 4 is 6.03 Å². The summed E-state index contributed by atoms with van der Waals surface area (Å²) in [5, 5.41) is 3.11. The number of nitrogens with zero attached hydrogens (tertiary/aromatic N) is 2. The predicted octanol–water partition coefficient (Wildman–Crippen LogP) is 2.08. The predicted molar refractivity (Wildman–Crippen MR) is 87.7 cm³/mol. The Balaban J connectivity index is 1.93. The van der Waals surface area contributed by atoms with E-state index >= 15 is 0 Å². The Morgan fingerprint density at radius 1 is 1.35 bits per heavy atom. The van der Waals surface area contributed by atoms with Gasteiger partial charge in [0.05, 0.1) is 6.61 Å². The summed E-state index contributed by atoms with van der Waals surface area (Å²) < 4.78 is 18.1. The average molecular weight is 323 g/mol. The molecule has 5 nitrogen and oxygen atoms in total. The Morgan fingerprint density at radius 3 is 2.61 bits per heavy atom. The van der Waals surface area contributed by atoms with Crippen molar-refractivity contribution in [2.75, 3.05) is 40.4 Å². The maximum absolute atomic E-state index is 13.0. The van der Waals surface area contributed by atoms with Gasteiger partial charge in [0, 0.05) is 26.2 Å². The van der Waals surface area contributed by atoms with Gasteiger partial charge >= 0.3 is 6.03 Å². The fourth-order valence-corrected chi connectivity index (χ4v) is 2.68. The highest BCUT2D eigenvalue weighted by Crippen LogP contribution is 2.11. The van der Waals surface area contributed by atoms with Gasteiger partial charge in [0.1, 0.15) is 5.82 Å². The molecule has 0 atom stereocenters. The van der Waals surface area contributed by atoms with Gasteiger partial charge < -0.3 is 19.9 Å². The zero-order valence-electron chi connectivity index (χ0n) is 13.9. The Bertz CT molecular complexity index is 487. The largest absolute Gasteiger partial charge is 0.383 e. The summed E-state index contributed by atoms with van der Waals surface area (Å²) in [5.41, 5.74) is 0.904. The molecule has 1 aliphatic rings. The maximum Gasteiger partial charge on any atom is 0.317 e. The number of amides is 2. The molecule has 0 bridgehead atoms. The Morgan fingerprint density at radius 2 is 2.00 bits per heavy atom. The van der Waals surface area contributed by atoms with E-state index in [2.05, 4.69) is 17.3 Å². The number of halogens is 1. The van der Waals surface area contributed by atoms with Gasteiger partial charge in [0.2, 0.25) is 0 Å². The molecule has 128 valence electrons. The molecule has 1 aromatic carbocycles. The smallest absolute Gasteiger partial charge is 0.317 e. The van der Waals surface area contributed by atoms with E-state index in [9.17, 15) is 9.18 Å². The standard InChI is InChI=1S/C17H26FN3O2/c1-20-9-7-16(8-10-20)19-17(22)21(11-12-23-2)13-14-3-5-15(18)6-4-14/h3-6,16H,7-13H2,1-2H3,(H,19,22). The zero-order chi connectivity index (χ0) is 16.7. The van der Waals surface area contributed by atoms with E-state index in [1.807, 2.05) is 0 Å². The number of methoxy groups -OCH3 is 1. The fourth-order valence-electron chi connectivity index (χ4n) is 2.68. The lowest BCUT2D eigenvalue weighted by molar-refractivity contribution is 0.141. The van der Waals surface area contributed by atoms with Crippen molar-refractivity contribution in [3.63, 3.8) is 0 Å². The van der Waals surface area contributed by atoms with Gasteiger partial charge in [-0.3, -0.25) is 0 Å². The van der Waals surface area contributed by atoms with E-state index in [-0.39, 0.29) is 17.9 Å². The second-order valence-electron chi connectivity index (χ2n) is 6.07. The Labute approximate surface area is 137 Å². The number of carbonyl (C=O) groups excluding carboxylic acids is 1. The van der Waals surface area contributed by atoms with Gasteiger partial charge in [-0.15, -0.1) is 0 Å². The molecular weight excluding hydrogens is 297 g/mol. The molecule has 1 fully saturated rings. The van der Waals surface area contributed by atoms with Crippen LogP contribution in [-0.4, -0.2) is 62.3 Å². The maximum atomic E-state index is 13.0. The Hall–Kier alpha value is -1.66. The van der Waals surface area contributed by atoms with Crippen LogP contribution in [0.15, 0.2) is 24.3 Å². The molecule has 0 radical (unpaired) electrons. The molecule has 0 saturated carbocycles. The minimum absolute atomic E-state index is 0.0825. The van der Waals surface area contributed by atoms with Crippen LogP contribution in [0, 0.1) is 5.82 Å². The van der Waals surface area contributed by atoms with Crippen LogP contribution >= 0.6 is 0 Å². The van der Waals surface area contributed by atoms with Crippen LogP contribution in [0.4, 0.5) is 9.18 Å². The zero-order valence-corrected chi connectivity index (χ0v) is 13.9. The molecule has 1 aliphatic heterocycles. The number of benzene rings is 1. The summed E-state index contributed by atoms with van der Waals surface area (Å²) in [5.74, 6) is -0.270. The van der Waals surface area contributed by atoms with Crippen molar-refractivity contribution in [1.82, 2.24) is 15.1 Å².